The van der Waals surface area contributed by atoms with E-state index in [1.54, 1.807) is 7.11 Å². The average molecular weight is 262 g/mol. The van der Waals surface area contributed by atoms with Crippen LogP contribution in [0.2, 0.25) is 0 Å². The van der Waals surface area contributed by atoms with Crippen molar-refractivity contribution in [2.75, 3.05) is 33.8 Å². The molecule has 19 heavy (non-hydrogen) atoms. The zero-order valence-electron chi connectivity index (χ0n) is 12.4. The van der Waals surface area contributed by atoms with Crippen molar-refractivity contribution in [3.63, 3.8) is 0 Å². The van der Waals surface area contributed by atoms with Gasteiger partial charge in [0.15, 0.2) is 0 Å². The summed E-state index contributed by atoms with van der Waals surface area (Å²) in [5.41, 5.74) is 1.74. The molecule has 1 heterocycles. The second-order valence-electron chi connectivity index (χ2n) is 6.07. The first-order valence-corrected chi connectivity index (χ1v) is 7.13. The quantitative estimate of drug-likeness (QED) is 0.882. The van der Waals surface area contributed by atoms with E-state index in [2.05, 4.69) is 36.3 Å². The van der Waals surface area contributed by atoms with E-state index < -0.39 is 0 Å². The first-order valence-electron chi connectivity index (χ1n) is 7.13. The monoisotopic (exact) mass is 262 g/mol. The van der Waals surface area contributed by atoms with Crippen LogP contribution < -0.4 is 10.1 Å². The molecule has 0 saturated carbocycles. The number of ether oxygens (including phenoxy) is 1. The zero-order valence-corrected chi connectivity index (χ0v) is 12.4. The molecule has 0 radical (unpaired) electrons. The number of benzene rings is 1. The number of methoxy groups -OCH3 is 1. The molecule has 1 aromatic rings. The Balaban J connectivity index is 1.79. The van der Waals surface area contributed by atoms with Crippen LogP contribution in [0.15, 0.2) is 24.3 Å². The van der Waals surface area contributed by atoms with Crippen molar-refractivity contribution >= 4 is 0 Å². The minimum Gasteiger partial charge on any atom is -0.497 e. The summed E-state index contributed by atoms with van der Waals surface area (Å²) < 4.78 is 5.25. The van der Waals surface area contributed by atoms with E-state index in [1.807, 2.05) is 12.1 Å². The third-order valence-electron chi connectivity index (χ3n) is 4.21. The van der Waals surface area contributed by atoms with Gasteiger partial charge in [-0.25, -0.2) is 0 Å². The van der Waals surface area contributed by atoms with Gasteiger partial charge in [0.1, 0.15) is 5.75 Å². The van der Waals surface area contributed by atoms with Gasteiger partial charge in [-0.2, -0.15) is 0 Å². The number of hydrogen-bond donors (Lipinski definition) is 1. The summed E-state index contributed by atoms with van der Waals surface area (Å²) in [7, 11) is 3.93. The van der Waals surface area contributed by atoms with Crippen molar-refractivity contribution in [1.29, 1.82) is 0 Å². The van der Waals surface area contributed by atoms with Gasteiger partial charge in [0.25, 0.3) is 0 Å². The second-order valence-corrected chi connectivity index (χ2v) is 6.07. The fourth-order valence-electron chi connectivity index (χ4n) is 2.63. The average Bonchev–Trinajstić information content (AvgIpc) is 2.43. The molecule has 0 aromatic heterocycles. The molecule has 1 N–H and O–H groups in total. The minimum atomic E-state index is 0.450. The predicted octanol–water partition coefficient (Wildman–Crippen LogP) is 2.52. The highest BCUT2D eigenvalue weighted by molar-refractivity contribution is 5.28. The standard InChI is InChI=1S/C16H26N2O/c1-16(7-9-18(2)10-8-16)13-17-12-14-5-4-6-15(11-14)19-3/h4-6,11,17H,7-10,12-13H2,1-3H3. The van der Waals surface area contributed by atoms with Crippen LogP contribution in [0.4, 0.5) is 0 Å². The number of hydrogen-bond acceptors (Lipinski definition) is 3. The van der Waals surface area contributed by atoms with Crippen LogP contribution in [-0.2, 0) is 6.54 Å². The molecular formula is C16H26N2O. The van der Waals surface area contributed by atoms with Crippen molar-refractivity contribution in [2.24, 2.45) is 5.41 Å². The summed E-state index contributed by atoms with van der Waals surface area (Å²) in [5.74, 6) is 0.935. The van der Waals surface area contributed by atoms with Gasteiger partial charge in [-0.05, 0) is 56.1 Å². The molecule has 0 aliphatic carbocycles. The molecule has 1 aliphatic heterocycles. The molecule has 0 spiro atoms. The lowest BCUT2D eigenvalue weighted by molar-refractivity contribution is 0.137. The maximum absolute atomic E-state index is 5.25. The predicted molar refractivity (Wildman–Crippen MR) is 79.5 cm³/mol. The fourth-order valence-corrected chi connectivity index (χ4v) is 2.63. The topological polar surface area (TPSA) is 24.5 Å². The Morgan fingerprint density at radius 3 is 2.74 bits per heavy atom. The zero-order chi connectivity index (χ0) is 13.7. The summed E-state index contributed by atoms with van der Waals surface area (Å²) in [5, 5.41) is 3.60. The van der Waals surface area contributed by atoms with E-state index in [4.69, 9.17) is 4.74 Å². The molecule has 1 aromatic carbocycles. The van der Waals surface area contributed by atoms with Gasteiger partial charge in [-0.3, -0.25) is 0 Å². The van der Waals surface area contributed by atoms with Crippen molar-refractivity contribution in [2.45, 2.75) is 26.3 Å². The highest BCUT2D eigenvalue weighted by Gasteiger charge is 2.28. The van der Waals surface area contributed by atoms with Gasteiger partial charge in [-0.1, -0.05) is 19.1 Å². The lowest BCUT2D eigenvalue weighted by Crippen LogP contribution is -2.41. The smallest absolute Gasteiger partial charge is 0.119 e. The van der Waals surface area contributed by atoms with Crippen LogP contribution in [0.25, 0.3) is 0 Å². The first kappa shape index (κ1) is 14.4. The Bertz CT molecular complexity index is 397. The van der Waals surface area contributed by atoms with Crippen molar-refractivity contribution in [3.05, 3.63) is 29.8 Å². The summed E-state index contributed by atoms with van der Waals surface area (Å²) in [6.07, 6.45) is 2.57. The van der Waals surface area contributed by atoms with Gasteiger partial charge in [0.05, 0.1) is 7.11 Å². The minimum absolute atomic E-state index is 0.450. The second kappa shape index (κ2) is 6.40. The number of rotatable bonds is 5. The Kier molecular flexibility index (Phi) is 4.83. The highest BCUT2D eigenvalue weighted by atomic mass is 16.5. The maximum atomic E-state index is 5.25. The van der Waals surface area contributed by atoms with Crippen molar-refractivity contribution < 1.29 is 4.74 Å². The Hall–Kier alpha value is -1.06. The Morgan fingerprint density at radius 1 is 1.32 bits per heavy atom. The van der Waals surface area contributed by atoms with E-state index >= 15 is 0 Å². The van der Waals surface area contributed by atoms with Gasteiger partial charge in [-0.15, -0.1) is 0 Å². The summed E-state index contributed by atoms with van der Waals surface area (Å²) in [6, 6.07) is 8.28. The summed E-state index contributed by atoms with van der Waals surface area (Å²) in [6.45, 7) is 6.86. The molecule has 3 heteroatoms. The number of nitrogens with zero attached hydrogens (tertiary/aromatic N) is 1. The van der Waals surface area contributed by atoms with E-state index in [9.17, 15) is 0 Å². The summed E-state index contributed by atoms with van der Waals surface area (Å²) in [4.78, 5) is 2.42. The van der Waals surface area contributed by atoms with Crippen molar-refractivity contribution in [1.82, 2.24) is 10.2 Å². The van der Waals surface area contributed by atoms with E-state index in [0.717, 1.165) is 18.8 Å². The lowest BCUT2D eigenvalue weighted by atomic mass is 9.80. The number of likely N-dealkylation sites (tertiary alicyclic amines) is 1. The molecular weight excluding hydrogens is 236 g/mol. The van der Waals surface area contributed by atoms with Crippen LogP contribution in [0.1, 0.15) is 25.3 Å². The van der Waals surface area contributed by atoms with Gasteiger partial charge in [0, 0.05) is 13.1 Å². The first-order chi connectivity index (χ1) is 9.11. The molecule has 0 amide bonds. The lowest BCUT2D eigenvalue weighted by Gasteiger charge is -2.38. The maximum Gasteiger partial charge on any atom is 0.119 e. The van der Waals surface area contributed by atoms with Crippen molar-refractivity contribution in [3.8, 4) is 5.75 Å². The number of piperidine rings is 1. The molecule has 1 fully saturated rings. The van der Waals surface area contributed by atoms with Crippen LogP contribution >= 0.6 is 0 Å². The van der Waals surface area contributed by atoms with E-state index in [-0.39, 0.29) is 0 Å². The third kappa shape index (κ3) is 4.22. The van der Waals surface area contributed by atoms with Gasteiger partial charge < -0.3 is 15.0 Å². The van der Waals surface area contributed by atoms with Crippen LogP contribution in [0.5, 0.6) is 5.75 Å². The Labute approximate surface area is 116 Å². The van der Waals surface area contributed by atoms with E-state index in [0.29, 0.717) is 5.41 Å². The molecule has 0 bridgehead atoms. The van der Waals surface area contributed by atoms with Crippen LogP contribution in [-0.4, -0.2) is 38.7 Å². The Morgan fingerprint density at radius 2 is 2.05 bits per heavy atom. The highest BCUT2D eigenvalue weighted by Crippen LogP contribution is 2.29. The van der Waals surface area contributed by atoms with E-state index in [1.165, 1.54) is 31.5 Å². The number of nitrogens with one attached hydrogen (secondary N) is 1. The van der Waals surface area contributed by atoms with Gasteiger partial charge >= 0.3 is 0 Å². The van der Waals surface area contributed by atoms with Crippen LogP contribution in [0.3, 0.4) is 0 Å². The normalized spacial score (nSPS) is 19.3. The molecule has 1 aliphatic rings. The molecule has 106 valence electrons. The van der Waals surface area contributed by atoms with Crippen LogP contribution in [0, 0.1) is 5.41 Å². The SMILES string of the molecule is COc1cccc(CNCC2(C)CCN(C)CC2)c1. The summed E-state index contributed by atoms with van der Waals surface area (Å²) >= 11 is 0. The fraction of sp³-hybridized carbons (Fsp3) is 0.625. The molecule has 0 unspecified atom stereocenters. The molecule has 0 atom stereocenters. The molecule has 2 rings (SSSR count). The largest absolute Gasteiger partial charge is 0.497 e. The third-order valence-corrected chi connectivity index (χ3v) is 4.21. The van der Waals surface area contributed by atoms with Gasteiger partial charge in [0.2, 0.25) is 0 Å². The molecule has 3 nitrogen and oxygen atoms in total. The molecule has 1 saturated heterocycles.